The number of benzene rings is 2. The second-order valence-corrected chi connectivity index (χ2v) is 6.60. The number of amides is 1. The molecule has 0 unspecified atom stereocenters. The number of furan rings is 1. The van der Waals surface area contributed by atoms with E-state index in [2.05, 4.69) is 40.0 Å². The zero-order valence-electron chi connectivity index (χ0n) is 17.1. The SMILES string of the molecule is CCNC(=NCc1ccc(NC(=O)c2ccco2)cc1)NCc1ccccc1C.I. The molecule has 0 aliphatic heterocycles. The molecule has 2 aromatic carbocycles. The minimum atomic E-state index is -0.268. The van der Waals surface area contributed by atoms with Crippen LogP contribution in [0.25, 0.3) is 0 Å². The number of hydrogen-bond donors (Lipinski definition) is 3. The van der Waals surface area contributed by atoms with Gasteiger partial charge in [-0.25, -0.2) is 4.99 Å². The molecular formula is C23H27IN4O2. The summed E-state index contributed by atoms with van der Waals surface area (Å²) >= 11 is 0. The van der Waals surface area contributed by atoms with Crippen LogP contribution in [0.2, 0.25) is 0 Å². The van der Waals surface area contributed by atoms with Crippen LogP contribution in [0.15, 0.2) is 76.3 Å². The number of aryl methyl sites for hydroxylation is 1. The van der Waals surface area contributed by atoms with Crippen molar-refractivity contribution in [2.45, 2.75) is 26.9 Å². The topological polar surface area (TPSA) is 78.7 Å². The first-order valence-electron chi connectivity index (χ1n) is 9.66. The molecule has 3 aromatic rings. The molecule has 3 rings (SSSR count). The molecule has 30 heavy (non-hydrogen) atoms. The number of aliphatic imine (C=N–C) groups is 1. The third-order valence-corrected chi connectivity index (χ3v) is 4.43. The fourth-order valence-electron chi connectivity index (χ4n) is 2.79. The van der Waals surface area contributed by atoms with Crippen LogP contribution in [0.3, 0.4) is 0 Å². The van der Waals surface area contributed by atoms with Gasteiger partial charge in [-0.05, 0) is 54.8 Å². The maximum Gasteiger partial charge on any atom is 0.291 e. The minimum Gasteiger partial charge on any atom is -0.459 e. The first-order valence-corrected chi connectivity index (χ1v) is 9.66. The Morgan fingerprint density at radius 1 is 1.00 bits per heavy atom. The van der Waals surface area contributed by atoms with Crippen molar-refractivity contribution in [3.63, 3.8) is 0 Å². The van der Waals surface area contributed by atoms with E-state index in [0.717, 1.165) is 24.6 Å². The Kier molecular flexibility index (Phi) is 9.40. The number of carbonyl (C=O) groups is 1. The molecule has 158 valence electrons. The largest absolute Gasteiger partial charge is 0.459 e. The molecule has 0 atom stereocenters. The standard InChI is InChI=1S/C23H26N4O2.HI/c1-3-24-23(26-16-19-8-5-4-7-17(19)2)25-15-18-10-12-20(13-11-18)27-22(28)21-9-6-14-29-21;/h4-14H,3,15-16H2,1-2H3,(H,27,28)(H2,24,25,26);1H. The molecular weight excluding hydrogens is 491 g/mol. The highest BCUT2D eigenvalue weighted by Gasteiger charge is 2.08. The van der Waals surface area contributed by atoms with Gasteiger partial charge < -0.3 is 20.4 Å². The van der Waals surface area contributed by atoms with Gasteiger partial charge in [0.25, 0.3) is 5.91 Å². The molecule has 0 saturated heterocycles. The van der Waals surface area contributed by atoms with Gasteiger partial charge in [0.05, 0.1) is 12.8 Å². The molecule has 3 N–H and O–H groups in total. The molecule has 0 spiro atoms. The van der Waals surface area contributed by atoms with Gasteiger partial charge >= 0.3 is 0 Å². The van der Waals surface area contributed by atoms with Gasteiger partial charge in [0.2, 0.25) is 0 Å². The summed E-state index contributed by atoms with van der Waals surface area (Å²) in [5.41, 5.74) is 4.26. The number of nitrogens with zero attached hydrogens (tertiary/aromatic N) is 1. The van der Waals surface area contributed by atoms with Gasteiger partial charge in [-0.3, -0.25) is 4.79 Å². The lowest BCUT2D eigenvalue weighted by molar-refractivity contribution is 0.0996. The zero-order chi connectivity index (χ0) is 20.5. The summed E-state index contributed by atoms with van der Waals surface area (Å²) in [7, 11) is 0. The van der Waals surface area contributed by atoms with E-state index < -0.39 is 0 Å². The van der Waals surface area contributed by atoms with Gasteiger partial charge in [0.15, 0.2) is 11.7 Å². The number of hydrogen-bond acceptors (Lipinski definition) is 3. The van der Waals surface area contributed by atoms with Gasteiger partial charge in [-0.2, -0.15) is 0 Å². The van der Waals surface area contributed by atoms with Gasteiger partial charge in [0, 0.05) is 18.8 Å². The minimum absolute atomic E-state index is 0. The molecule has 1 aromatic heterocycles. The van der Waals surface area contributed by atoms with E-state index in [9.17, 15) is 4.79 Å². The molecule has 1 amide bonds. The zero-order valence-corrected chi connectivity index (χ0v) is 19.5. The van der Waals surface area contributed by atoms with Gasteiger partial charge in [0.1, 0.15) is 0 Å². The maximum absolute atomic E-state index is 12.0. The van der Waals surface area contributed by atoms with Crippen LogP contribution in [0.4, 0.5) is 5.69 Å². The molecule has 1 heterocycles. The summed E-state index contributed by atoms with van der Waals surface area (Å²) in [5.74, 6) is 0.787. The van der Waals surface area contributed by atoms with Gasteiger partial charge in [-0.1, -0.05) is 36.4 Å². The number of nitrogens with one attached hydrogen (secondary N) is 3. The van der Waals surface area contributed by atoms with E-state index in [0.29, 0.717) is 12.2 Å². The molecule has 7 heteroatoms. The van der Waals surface area contributed by atoms with Crippen molar-refractivity contribution >= 4 is 41.5 Å². The lowest BCUT2D eigenvalue weighted by Gasteiger charge is -2.13. The van der Waals surface area contributed by atoms with Crippen molar-refractivity contribution in [2.24, 2.45) is 4.99 Å². The van der Waals surface area contributed by atoms with E-state index in [1.165, 1.54) is 17.4 Å². The van der Waals surface area contributed by atoms with Crippen molar-refractivity contribution in [3.05, 3.63) is 89.4 Å². The Labute approximate surface area is 194 Å². The highest BCUT2D eigenvalue weighted by molar-refractivity contribution is 14.0. The van der Waals surface area contributed by atoms with Crippen molar-refractivity contribution in [1.82, 2.24) is 10.6 Å². The number of rotatable bonds is 7. The second-order valence-electron chi connectivity index (χ2n) is 6.60. The summed E-state index contributed by atoms with van der Waals surface area (Å²) < 4.78 is 5.10. The van der Waals surface area contributed by atoms with Crippen molar-refractivity contribution in [1.29, 1.82) is 0 Å². The highest BCUT2D eigenvalue weighted by atomic mass is 127. The molecule has 0 bridgehead atoms. The Balaban J connectivity index is 0.00000320. The average molecular weight is 518 g/mol. The van der Waals surface area contributed by atoms with Crippen LogP contribution >= 0.6 is 24.0 Å². The number of halogens is 1. The van der Waals surface area contributed by atoms with E-state index in [1.54, 1.807) is 12.1 Å². The fraction of sp³-hybridized carbons (Fsp3) is 0.217. The van der Waals surface area contributed by atoms with Gasteiger partial charge in [-0.15, -0.1) is 24.0 Å². The first kappa shape index (κ1) is 23.5. The van der Waals surface area contributed by atoms with Crippen LogP contribution in [0.5, 0.6) is 0 Å². The third kappa shape index (κ3) is 6.91. The normalized spacial score (nSPS) is 10.8. The lowest BCUT2D eigenvalue weighted by Crippen LogP contribution is -2.36. The van der Waals surface area contributed by atoms with E-state index in [-0.39, 0.29) is 35.6 Å². The number of guanidine groups is 1. The Bertz CT molecular complexity index is 954. The molecule has 0 radical (unpaired) electrons. The maximum atomic E-state index is 12.0. The predicted molar refractivity (Wildman–Crippen MR) is 131 cm³/mol. The molecule has 0 aliphatic rings. The number of carbonyl (C=O) groups excluding carboxylic acids is 1. The van der Waals surface area contributed by atoms with Crippen molar-refractivity contribution in [3.8, 4) is 0 Å². The van der Waals surface area contributed by atoms with Crippen LogP contribution in [-0.4, -0.2) is 18.4 Å². The molecule has 0 aliphatic carbocycles. The molecule has 0 fully saturated rings. The van der Waals surface area contributed by atoms with Crippen molar-refractivity contribution < 1.29 is 9.21 Å². The summed E-state index contributed by atoms with van der Waals surface area (Å²) in [6, 6.07) is 19.2. The summed E-state index contributed by atoms with van der Waals surface area (Å²) in [6.07, 6.45) is 1.48. The summed E-state index contributed by atoms with van der Waals surface area (Å²) in [4.78, 5) is 16.7. The number of anilines is 1. The quantitative estimate of drug-likeness (QED) is 0.241. The fourth-order valence-corrected chi connectivity index (χ4v) is 2.79. The predicted octanol–water partition coefficient (Wildman–Crippen LogP) is 4.71. The van der Waals surface area contributed by atoms with Crippen LogP contribution in [0, 0.1) is 6.92 Å². The molecule has 0 saturated carbocycles. The second kappa shape index (κ2) is 12.0. The van der Waals surface area contributed by atoms with E-state index in [1.807, 2.05) is 43.3 Å². The first-order chi connectivity index (χ1) is 14.2. The third-order valence-electron chi connectivity index (χ3n) is 4.43. The monoisotopic (exact) mass is 518 g/mol. The Morgan fingerprint density at radius 2 is 1.77 bits per heavy atom. The van der Waals surface area contributed by atoms with Crippen LogP contribution < -0.4 is 16.0 Å². The smallest absolute Gasteiger partial charge is 0.291 e. The summed E-state index contributed by atoms with van der Waals surface area (Å²) in [5, 5.41) is 9.45. The van der Waals surface area contributed by atoms with Crippen LogP contribution in [-0.2, 0) is 13.1 Å². The van der Waals surface area contributed by atoms with E-state index in [4.69, 9.17) is 4.42 Å². The Hall–Kier alpha value is -2.81. The van der Waals surface area contributed by atoms with E-state index >= 15 is 0 Å². The summed E-state index contributed by atoms with van der Waals surface area (Å²) in [6.45, 7) is 6.19. The highest BCUT2D eigenvalue weighted by Crippen LogP contribution is 2.12. The van der Waals surface area contributed by atoms with Crippen molar-refractivity contribution in [2.75, 3.05) is 11.9 Å². The average Bonchev–Trinajstić information content (AvgIpc) is 3.27. The molecule has 6 nitrogen and oxygen atoms in total. The lowest BCUT2D eigenvalue weighted by atomic mass is 10.1. The van der Waals surface area contributed by atoms with Crippen LogP contribution in [0.1, 0.15) is 34.2 Å². The Morgan fingerprint density at radius 3 is 2.43 bits per heavy atom.